The van der Waals surface area contributed by atoms with Gasteiger partial charge in [0.15, 0.2) is 0 Å². The van der Waals surface area contributed by atoms with E-state index in [4.69, 9.17) is 0 Å². The summed E-state index contributed by atoms with van der Waals surface area (Å²) in [5.41, 5.74) is 5.34. The maximum absolute atomic E-state index is 2.38. The van der Waals surface area contributed by atoms with Gasteiger partial charge in [-0.1, -0.05) is 55.2 Å². The Bertz CT molecular complexity index is 419. The molecule has 0 atom stereocenters. The van der Waals surface area contributed by atoms with E-state index in [1.165, 1.54) is 38.5 Å². The summed E-state index contributed by atoms with van der Waals surface area (Å²) >= 11 is 0. The molecule has 1 spiro atoms. The minimum Gasteiger partial charge on any atom is -0.0872 e. The van der Waals surface area contributed by atoms with Crippen LogP contribution in [-0.4, -0.2) is 0 Å². The molecular formula is C16H20. The summed E-state index contributed by atoms with van der Waals surface area (Å²) in [6.45, 7) is 2.22. The highest BCUT2D eigenvalue weighted by Gasteiger charge is 2.42. The van der Waals surface area contributed by atoms with E-state index in [0.29, 0.717) is 5.41 Å². The zero-order valence-electron chi connectivity index (χ0n) is 10.1. The van der Waals surface area contributed by atoms with Gasteiger partial charge in [0, 0.05) is 5.41 Å². The van der Waals surface area contributed by atoms with Crippen LogP contribution < -0.4 is 0 Å². The lowest BCUT2D eigenvalue weighted by atomic mass is 9.68. The van der Waals surface area contributed by atoms with Crippen LogP contribution in [-0.2, 0) is 11.8 Å². The van der Waals surface area contributed by atoms with Crippen LogP contribution in [0.15, 0.2) is 35.9 Å². The van der Waals surface area contributed by atoms with E-state index in [1.54, 1.807) is 16.7 Å². The largest absolute Gasteiger partial charge is 0.0872 e. The Hall–Kier alpha value is -1.04. The highest BCUT2D eigenvalue weighted by Crippen LogP contribution is 2.51. The lowest BCUT2D eigenvalue weighted by Gasteiger charge is -2.36. The van der Waals surface area contributed by atoms with Gasteiger partial charge < -0.3 is 0 Å². The molecule has 1 saturated carbocycles. The van der Waals surface area contributed by atoms with Gasteiger partial charge in [-0.2, -0.15) is 0 Å². The molecule has 0 N–H and O–H groups in total. The summed E-state index contributed by atoms with van der Waals surface area (Å²) in [6, 6.07) is 9.10. The van der Waals surface area contributed by atoms with Crippen molar-refractivity contribution < 1.29 is 0 Å². The van der Waals surface area contributed by atoms with E-state index in [9.17, 15) is 0 Å². The lowest BCUT2D eigenvalue weighted by molar-refractivity contribution is 0.347. The zero-order chi connectivity index (χ0) is 11.0. The molecule has 1 aromatic rings. The van der Waals surface area contributed by atoms with Gasteiger partial charge in [-0.25, -0.2) is 0 Å². The van der Waals surface area contributed by atoms with Crippen LogP contribution in [0.4, 0.5) is 0 Å². The van der Waals surface area contributed by atoms with E-state index in [0.717, 1.165) is 0 Å². The second-order valence-corrected chi connectivity index (χ2v) is 5.29. The molecular weight excluding hydrogens is 192 g/mol. The number of rotatable bonds is 0. The molecule has 0 aromatic heterocycles. The Balaban J connectivity index is 2.13. The van der Waals surface area contributed by atoms with Crippen LogP contribution >= 0.6 is 0 Å². The normalized spacial score (nSPS) is 24.9. The van der Waals surface area contributed by atoms with Crippen LogP contribution in [0.25, 0.3) is 0 Å². The summed E-state index contributed by atoms with van der Waals surface area (Å²) in [4.78, 5) is 0. The molecule has 0 heteroatoms. The molecule has 1 aromatic carbocycles. The molecule has 0 bridgehead atoms. The SMILES string of the molecule is CC=C1Cc2ccccc2C12CCCCC2. The number of benzene rings is 1. The first kappa shape index (κ1) is 10.1. The molecule has 0 radical (unpaired) electrons. The summed E-state index contributed by atoms with van der Waals surface area (Å²) in [5.74, 6) is 0. The Morgan fingerprint density at radius 1 is 1.06 bits per heavy atom. The van der Waals surface area contributed by atoms with Crippen LogP contribution in [0.3, 0.4) is 0 Å². The average molecular weight is 212 g/mol. The molecule has 0 heterocycles. The maximum atomic E-state index is 2.38. The standard InChI is InChI=1S/C16H20/c1-2-14-12-13-8-4-5-9-15(13)16(14)10-6-3-7-11-16/h2,4-5,8-9H,3,6-7,10-12H2,1H3. The van der Waals surface area contributed by atoms with Gasteiger partial charge in [0.05, 0.1) is 0 Å². The van der Waals surface area contributed by atoms with Crippen LogP contribution in [0.5, 0.6) is 0 Å². The van der Waals surface area contributed by atoms with E-state index in [-0.39, 0.29) is 0 Å². The van der Waals surface area contributed by atoms with Gasteiger partial charge in [-0.3, -0.25) is 0 Å². The number of hydrogen-bond acceptors (Lipinski definition) is 0. The molecule has 16 heavy (non-hydrogen) atoms. The Morgan fingerprint density at radius 2 is 1.81 bits per heavy atom. The molecule has 0 saturated heterocycles. The van der Waals surface area contributed by atoms with Crippen molar-refractivity contribution >= 4 is 0 Å². The minimum absolute atomic E-state index is 0.434. The Kier molecular flexibility index (Phi) is 2.38. The summed E-state index contributed by atoms with van der Waals surface area (Å²) in [6.07, 6.45) is 10.6. The minimum atomic E-state index is 0.434. The second kappa shape index (κ2) is 3.76. The molecule has 0 nitrogen and oxygen atoms in total. The van der Waals surface area contributed by atoms with Crippen molar-refractivity contribution in [3.05, 3.63) is 47.0 Å². The van der Waals surface area contributed by atoms with Gasteiger partial charge in [0.25, 0.3) is 0 Å². The lowest BCUT2D eigenvalue weighted by Crippen LogP contribution is -2.28. The quantitative estimate of drug-likeness (QED) is 0.559. The van der Waals surface area contributed by atoms with Crippen molar-refractivity contribution in [1.82, 2.24) is 0 Å². The predicted molar refractivity (Wildman–Crippen MR) is 68.7 cm³/mol. The van der Waals surface area contributed by atoms with Gasteiger partial charge in [0.2, 0.25) is 0 Å². The zero-order valence-corrected chi connectivity index (χ0v) is 10.1. The molecule has 2 aliphatic carbocycles. The van der Waals surface area contributed by atoms with E-state index < -0.39 is 0 Å². The average Bonchev–Trinajstić information content (AvgIpc) is 2.65. The highest BCUT2D eigenvalue weighted by atomic mass is 14.5. The molecule has 1 fully saturated rings. The van der Waals surface area contributed by atoms with Crippen molar-refractivity contribution in [3.8, 4) is 0 Å². The smallest absolute Gasteiger partial charge is 0.0168 e. The van der Waals surface area contributed by atoms with E-state index in [2.05, 4.69) is 37.3 Å². The Labute approximate surface area is 98.4 Å². The molecule has 84 valence electrons. The van der Waals surface area contributed by atoms with E-state index >= 15 is 0 Å². The van der Waals surface area contributed by atoms with Crippen molar-refractivity contribution in [3.63, 3.8) is 0 Å². The monoisotopic (exact) mass is 212 g/mol. The Morgan fingerprint density at radius 3 is 2.56 bits per heavy atom. The number of fused-ring (bicyclic) bond motifs is 2. The number of hydrogen-bond donors (Lipinski definition) is 0. The van der Waals surface area contributed by atoms with Crippen LogP contribution in [0.1, 0.15) is 50.2 Å². The first-order valence-electron chi connectivity index (χ1n) is 6.61. The fourth-order valence-electron chi connectivity index (χ4n) is 3.81. The topological polar surface area (TPSA) is 0 Å². The van der Waals surface area contributed by atoms with Crippen molar-refractivity contribution in [2.45, 2.75) is 50.9 Å². The third-order valence-electron chi connectivity index (χ3n) is 4.58. The van der Waals surface area contributed by atoms with Crippen molar-refractivity contribution in [1.29, 1.82) is 0 Å². The summed E-state index contributed by atoms with van der Waals surface area (Å²) in [5, 5.41) is 0. The van der Waals surface area contributed by atoms with Gasteiger partial charge in [-0.15, -0.1) is 0 Å². The molecule has 0 unspecified atom stereocenters. The van der Waals surface area contributed by atoms with Gasteiger partial charge in [-0.05, 0) is 37.3 Å². The van der Waals surface area contributed by atoms with E-state index in [1.807, 2.05) is 0 Å². The molecule has 2 aliphatic rings. The second-order valence-electron chi connectivity index (χ2n) is 5.29. The highest BCUT2D eigenvalue weighted by molar-refractivity contribution is 5.51. The van der Waals surface area contributed by atoms with Gasteiger partial charge >= 0.3 is 0 Å². The first-order chi connectivity index (χ1) is 7.87. The van der Waals surface area contributed by atoms with Crippen LogP contribution in [0.2, 0.25) is 0 Å². The first-order valence-corrected chi connectivity index (χ1v) is 6.61. The van der Waals surface area contributed by atoms with Gasteiger partial charge in [0.1, 0.15) is 0 Å². The third-order valence-corrected chi connectivity index (χ3v) is 4.58. The number of allylic oxidation sites excluding steroid dienone is 2. The maximum Gasteiger partial charge on any atom is 0.0168 e. The molecule has 3 rings (SSSR count). The molecule has 0 aliphatic heterocycles. The fourth-order valence-corrected chi connectivity index (χ4v) is 3.81. The molecule has 0 amide bonds. The summed E-state index contributed by atoms with van der Waals surface area (Å²) in [7, 11) is 0. The van der Waals surface area contributed by atoms with Crippen molar-refractivity contribution in [2.24, 2.45) is 0 Å². The summed E-state index contributed by atoms with van der Waals surface area (Å²) < 4.78 is 0. The van der Waals surface area contributed by atoms with Crippen molar-refractivity contribution in [2.75, 3.05) is 0 Å². The predicted octanol–water partition coefficient (Wildman–Crippen LogP) is 4.39. The third kappa shape index (κ3) is 1.29. The fraction of sp³-hybridized carbons (Fsp3) is 0.500. The van der Waals surface area contributed by atoms with Crippen LogP contribution in [0, 0.1) is 0 Å².